The largest absolute Gasteiger partial charge is 0.507 e. The number of aliphatic imine (C=N–C) groups is 1. The third-order valence-electron chi connectivity index (χ3n) is 5.19. The molecule has 0 amide bonds. The van der Waals surface area contributed by atoms with E-state index < -0.39 is 0 Å². The van der Waals surface area contributed by atoms with Gasteiger partial charge in [-0.3, -0.25) is 9.89 Å². The molecule has 138 valence electrons. The summed E-state index contributed by atoms with van der Waals surface area (Å²) in [5.74, 6) is 0.904. The van der Waals surface area contributed by atoms with E-state index in [0.29, 0.717) is 17.4 Å². The molecule has 0 saturated heterocycles. The van der Waals surface area contributed by atoms with Crippen molar-refractivity contribution in [2.45, 2.75) is 44.7 Å². The summed E-state index contributed by atoms with van der Waals surface area (Å²) >= 11 is 0. The smallest absolute Gasteiger partial charge is 0.124 e. The number of hydrogen-bond acceptors (Lipinski definition) is 4. The molecular weight excluding hydrogens is 324 g/mol. The van der Waals surface area contributed by atoms with Crippen LogP contribution in [0.4, 0.5) is 5.69 Å². The number of aromatic hydroxyl groups is 1. The average Bonchev–Trinajstić information content (AvgIpc) is 2.69. The number of hydrogen-bond donors (Lipinski definition) is 1. The van der Waals surface area contributed by atoms with Crippen molar-refractivity contribution in [2.75, 3.05) is 14.2 Å². The molecule has 1 N–H and O–H groups in total. The van der Waals surface area contributed by atoms with Crippen molar-refractivity contribution < 1.29 is 9.84 Å². The third-order valence-corrected chi connectivity index (χ3v) is 5.19. The van der Waals surface area contributed by atoms with E-state index in [1.54, 1.807) is 31.5 Å². The molecule has 26 heavy (non-hydrogen) atoms. The summed E-state index contributed by atoms with van der Waals surface area (Å²) in [6.45, 7) is 0.891. The van der Waals surface area contributed by atoms with Crippen LogP contribution in [0.15, 0.2) is 47.5 Å². The maximum Gasteiger partial charge on any atom is 0.124 e. The molecule has 0 bridgehead atoms. The van der Waals surface area contributed by atoms with Crippen LogP contribution in [0, 0.1) is 0 Å². The van der Waals surface area contributed by atoms with Crippen molar-refractivity contribution in [1.29, 1.82) is 0 Å². The number of methoxy groups -OCH3 is 1. The van der Waals surface area contributed by atoms with Crippen molar-refractivity contribution in [3.63, 3.8) is 0 Å². The fourth-order valence-corrected chi connectivity index (χ4v) is 3.59. The van der Waals surface area contributed by atoms with Crippen molar-refractivity contribution in [1.82, 2.24) is 4.90 Å². The molecule has 1 saturated carbocycles. The zero-order chi connectivity index (χ0) is 18.4. The lowest BCUT2D eigenvalue weighted by Crippen LogP contribution is -2.32. The van der Waals surface area contributed by atoms with E-state index >= 15 is 0 Å². The normalized spacial score (nSPS) is 15.7. The lowest BCUT2D eigenvalue weighted by Gasteiger charge is -2.31. The van der Waals surface area contributed by atoms with Gasteiger partial charge in [-0.05, 0) is 49.7 Å². The molecule has 0 aromatic heterocycles. The second kappa shape index (κ2) is 8.86. The molecule has 3 rings (SSSR count). The Morgan fingerprint density at radius 1 is 1.15 bits per heavy atom. The van der Waals surface area contributed by atoms with Gasteiger partial charge in [-0.2, -0.15) is 0 Å². The number of phenols is 1. The molecule has 1 aliphatic rings. The van der Waals surface area contributed by atoms with E-state index in [1.165, 1.54) is 37.7 Å². The van der Waals surface area contributed by atoms with Crippen LogP contribution < -0.4 is 4.74 Å². The van der Waals surface area contributed by atoms with E-state index in [4.69, 9.17) is 4.74 Å². The lowest BCUT2D eigenvalue weighted by atomic mass is 9.94. The van der Waals surface area contributed by atoms with Crippen LogP contribution in [0.25, 0.3) is 0 Å². The zero-order valence-corrected chi connectivity index (χ0v) is 15.7. The van der Waals surface area contributed by atoms with Crippen molar-refractivity contribution in [3.05, 3.63) is 53.6 Å². The number of para-hydroxylation sites is 1. The lowest BCUT2D eigenvalue weighted by molar-refractivity contribution is 0.185. The molecule has 1 fully saturated rings. The first kappa shape index (κ1) is 18.5. The predicted octanol–water partition coefficient (Wildman–Crippen LogP) is 4.92. The second-order valence-electron chi connectivity index (χ2n) is 7.02. The molecular formula is C22H28N2O2. The first-order valence-electron chi connectivity index (χ1n) is 9.36. The van der Waals surface area contributed by atoms with Gasteiger partial charge in [0.15, 0.2) is 0 Å². The van der Waals surface area contributed by atoms with E-state index in [0.717, 1.165) is 12.2 Å². The standard InChI is InChI=1S/C22H28N2O2/c1-24(19-9-4-3-5-10-19)16-17-8-6-7-11-21(17)23-15-18-14-20(26-2)12-13-22(18)25/h6-8,11-15,19,25H,3-5,9-10,16H2,1-2H3. The minimum absolute atomic E-state index is 0.200. The molecule has 0 spiro atoms. The van der Waals surface area contributed by atoms with Crippen LogP contribution in [0.1, 0.15) is 43.2 Å². The number of nitrogens with zero attached hydrogens (tertiary/aromatic N) is 2. The van der Waals surface area contributed by atoms with Crippen molar-refractivity contribution >= 4 is 11.9 Å². The molecule has 4 heteroatoms. The highest BCUT2D eigenvalue weighted by atomic mass is 16.5. The molecule has 0 aliphatic heterocycles. The second-order valence-corrected chi connectivity index (χ2v) is 7.02. The highest BCUT2D eigenvalue weighted by molar-refractivity contribution is 5.86. The van der Waals surface area contributed by atoms with Crippen LogP contribution in [0.5, 0.6) is 11.5 Å². The average molecular weight is 352 g/mol. The Labute approximate surface area is 156 Å². The van der Waals surface area contributed by atoms with E-state index in [9.17, 15) is 5.11 Å². The Kier molecular flexibility index (Phi) is 6.29. The summed E-state index contributed by atoms with van der Waals surface area (Å²) in [6.07, 6.45) is 8.33. The van der Waals surface area contributed by atoms with Gasteiger partial charge in [0.25, 0.3) is 0 Å². The molecule has 0 unspecified atom stereocenters. The third kappa shape index (κ3) is 4.64. The fraction of sp³-hybridized carbons (Fsp3) is 0.409. The minimum atomic E-state index is 0.200. The van der Waals surface area contributed by atoms with E-state index in [1.807, 2.05) is 12.1 Å². The Morgan fingerprint density at radius 2 is 1.92 bits per heavy atom. The maximum absolute atomic E-state index is 10.0. The molecule has 2 aromatic rings. The van der Waals surface area contributed by atoms with Gasteiger partial charge < -0.3 is 9.84 Å². The predicted molar refractivity (Wildman–Crippen MR) is 107 cm³/mol. The summed E-state index contributed by atoms with van der Waals surface area (Å²) < 4.78 is 5.23. The van der Waals surface area contributed by atoms with Crippen LogP contribution in [0.2, 0.25) is 0 Å². The highest BCUT2D eigenvalue weighted by Gasteiger charge is 2.18. The summed E-state index contributed by atoms with van der Waals surface area (Å²) in [4.78, 5) is 7.10. The van der Waals surface area contributed by atoms with E-state index in [-0.39, 0.29) is 5.75 Å². The molecule has 2 aromatic carbocycles. The summed E-state index contributed by atoms with van der Waals surface area (Å²) in [7, 11) is 3.83. The van der Waals surface area contributed by atoms with Crippen LogP contribution >= 0.6 is 0 Å². The summed E-state index contributed by atoms with van der Waals surface area (Å²) in [6, 6.07) is 14.0. The topological polar surface area (TPSA) is 45.1 Å². The Hall–Kier alpha value is -2.33. The van der Waals surface area contributed by atoms with Gasteiger partial charge >= 0.3 is 0 Å². The van der Waals surface area contributed by atoms with Gasteiger partial charge in [0.2, 0.25) is 0 Å². The summed E-state index contributed by atoms with van der Waals surface area (Å²) in [5, 5.41) is 10.0. The molecule has 4 nitrogen and oxygen atoms in total. The van der Waals surface area contributed by atoms with Gasteiger partial charge in [-0.15, -0.1) is 0 Å². The van der Waals surface area contributed by atoms with Gasteiger partial charge in [-0.1, -0.05) is 37.5 Å². The first-order valence-corrected chi connectivity index (χ1v) is 9.36. The van der Waals surface area contributed by atoms with Crippen LogP contribution in [0.3, 0.4) is 0 Å². The van der Waals surface area contributed by atoms with Gasteiger partial charge in [-0.25, -0.2) is 0 Å². The number of phenolic OH excluding ortho intramolecular Hbond substituents is 1. The summed E-state index contributed by atoms with van der Waals surface area (Å²) in [5.41, 5.74) is 2.80. The van der Waals surface area contributed by atoms with Gasteiger partial charge in [0.1, 0.15) is 11.5 Å². The van der Waals surface area contributed by atoms with Gasteiger partial charge in [0, 0.05) is 24.4 Å². The number of rotatable bonds is 6. The fourth-order valence-electron chi connectivity index (χ4n) is 3.59. The highest BCUT2D eigenvalue weighted by Crippen LogP contribution is 2.27. The minimum Gasteiger partial charge on any atom is -0.507 e. The quantitative estimate of drug-likeness (QED) is 0.751. The van der Waals surface area contributed by atoms with Crippen LogP contribution in [-0.4, -0.2) is 36.4 Å². The Balaban J connectivity index is 1.76. The Morgan fingerprint density at radius 3 is 2.69 bits per heavy atom. The monoisotopic (exact) mass is 352 g/mol. The molecule has 0 heterocycles. The van der Waals surface area contributed by atoms with E-state index in [2.05, 4.69) is 29.1 Å². The van der Waals surface area contributed by atoms with Crippen molar-refractivity contribution in [2.24, 2.45) is 4.99 Å². The first-order chi connectivity index (χ1) is 12.7. The van der Waals surface area contributed by atoms with Gasteiger partial charge in [0.05, 0.1) is 12.8 Å². The van der Waals surface area contributed by atoms with Crippen molar-refractivity contribution in [3.8, 4) is 11.5 Å². The number of benzene rings is 2. The maximum atomic E-state index is 10.0. The zero-order valence-electron chi connectivity index (χ0n) is 15.7. The number of ether oxygens (including phenoxy) is 1. The molecule has 0 radical (unpaired) electrons. The molecule has 0 atom stereocenters. The molecule has 1 aliphatic carbocycles. The SMILES string of the molecule is COc1ccc(O)c(C=Nc2ccccc2CN(C)C2CCCCC2)c1. The Bertz CT molecular complexity index is 752. The van der Waals surface area contributed by atoms with Crippen LogP contribution in [-0.2, 0) is 6.54 Å².